The number of hydrogen-bond donors (Lipinski definition) is 3. The van der Waals surface area contributed by atoms with E-state index in [0.717, 1.165) is 19.5 Å². The maximum atomic E-state index is 12.0. The van der Waals surface area contributed by atoms with Crippen LogP contribution in [0.3, 0.4) is 0 Å². The lowest BCUT2D eigenvalue weighted by atomic mass is 9.94. The molecule has 5 nitrogen and oxygen atoms in total. The Hall–Kier alpha value is -0.750. The summed E-state index contributed by atoms with van der Waals surface area (Å²) >= 11 is 4.10. The van der Waals surface area contributed by atoms with E-state index < -0.39 is 6.04 Å². The summed E-state index contributed by atoms with van der Waals surface area (Å²) in [5.41, 5.74) is 0. The van der Waals surface area contributed by atoms with Gasteiger partial charge < -0.3 is 15.5 Å². The van der Waals surface area contributed by atoms with Crippen molar-refractivity contribution in [3.8, 4) is 0 Å². The van der Waals surface area contributed by atoms with Gasteiger partial charge in [-0.25, -0.2) is 0 Å². The second-order valence-electron chi connectivity index (χ2n) is 5.08. The Bertz CT molecular complexity index is 312. The van der Waals surface area contributed by atoms with Crippen molar-refractivity contribution in [1.29, 1.82) is 0 Å². The van der Waals surface area contributed by atoms with E-state index in [-0.39, 0.29) is 17.9 Å². The summed E-state index contributed by atoms with van der Waals surface area (Å²) in [5.74, 6) is 0.389. The zero-order valence-electron chi connectivity index (χ0n) is 11.3. The highest BCUT2D eigenvalue weighted by atomic mass is 32.1. The van der Waals surface area contributed by atoms with Gasteiger partial charge in [-0.1, -0.05) is 6.92 Å². The summed E-state index contributed by atoms with van der Waals surface area (Å²) in [7, 11) is 2.09. The second kappa shape index (κ2) is 6.99. The van der Waals surface area contributed by atoms with E-state index in [4.69, 9.17) is 0 Å². The second-order valence-corrected chi connectivity index (χ2v) is 5.44. The number of carbonyl (C=O) groups is 2. The van der Waals surface area contributed by atoms with Gasteiger partial charge in [-0.3, -0.25) is 9.59 Å². The Morgan fingerprint density at radius 2 is 2.17 bits per heavy atom. The lowest BCUT2D eigenvalue weighted by Crippen LogP contribution is -2.54. The minimum Gasteiger partial charge on any atom is -0.351 e. The molecule has 1 saturated heterocycles. The molecule has 3 unspecified atom stereocenters. The van der Waals surface area contributed by atoms with Gasteiger partial charge in [0.05, 0.1) is 0 Å². The van der Waals surface area contributed by atoms with Crippen molar-refractivity contribution in [2.75, 3.05) is 25.9 Å². The molecule has 0 radical (unpaired) electrons. The molecule has 0 aromatic heterocycles. The van der Waals surface area contributed by atoms with Crippen LogP contribution in [0.15, 0.2) is 0 Å². The third-order valence-electron chi connectivity index (χ3n) is 3.31. The fraction of sp³-hybridized carbons (Fsp3) is 0.833. The molecule has 2 amide bonds. The topological polar surface area (TPSA) is 61.4 Å². The van der Waals surface area contributed by atoms with Gasteiger partial charge in [-0.15, -0.1) is 0 Å². The molecule has 6 heteroatoms. The van der Waals surface area contributed by atoms with E-state index in [0.29, 0.717) is 11.7 Å². The number of hydrogen-bond acceptors (Lipinski definition) is 4. The molecule has 0 aromatic rings. The third kappa shape index (κ3) is 4.49. The minimum atomic E-state index is -0.544. The molecule has 0 aromatic carbocycles. The first-order valence-electron chi connectivity index (χ1n) is 6.31. The molecule has 18 heavy (non-hydrogen) atoms. The summed E-state index contributed by atoms with van der Waals surface area (Å²) in [5, 5.41) is 5.62. The Morgan fingerprint density at radius 3 is 2.67 bits per heavy atom. The van der Waals surface area contributed by atoms with Gasteiger partial charge in [0.25, 0.3) is 0 Å². The lowest BCUT2D eigenvalue weighted by Gasteiger charge is -2.35. The molecule has 1 aliphatic heterocycles. The molecule has 1 rings (SSSR count). The molecule has 0 spiro atoms. The summed E-state index contributed by atoms with van der Waals surface area (Å²) in [6.45, 7) is 5.51. The smallest absolute Gasteiger partial charge is 0.243 e. The number of amides is 2. The average Bonchev–Trinajstić information content (AvgIpc) is 2.29. The van der Waals surface area contributed by atoms with Crippen LogP contribution in [0.25, 0.3) is 0 Å². The molecule has 1 aliphatic rings. The first-order chi connectivity index (χ1) is 8.43. The van der Waals surface area contributed by atoms with Crippen molar-refractivity contribution in [2.45, 2.75) is 32.4 Å². The standard InChI is InChI=1S/C12H23N3O2S/c1-8-6-15(3)5-4-10(8)14-12(17)11(7-18)13-9(2)16/h8,10-11,18H,4-7H2,1-3H3,(H,13,16)(H,14,17). The first kappa shape index (κ1) is 15.3. The number of likely N-dealkylation sites (tertiary alicyclic amines) is 1. The maximum absolute atomic E-state index is 12.0. The molecular weight excluding hydrogens is 250 g/mol. The van der Waals surface area contributed by atoms with Crippen LogP contribution in [0.2, 0.25) is 0 Å². The fourth-order valence-electron chi connectivity index (χ4n) is 2.29. The van der Waals surface area contributed by atoms with Crippen LogP contribution in [-0.2, 0) is 9.59 Å². The van der Waals surface area contributed by atoms with Gasteiger partial charge in [0.15, 0.2) is 0 Å². The maximum Gasteiger partial charge on any atom is 0.243 e. The highest BCUT2D eigenvalue weighted by molar-refractivity contribution is 7.80. The van der Waals surface area contributed by atoms with E-state index in [2.05, 4.69) is 42.1 Å². The van der Waals surface area contributed by atoms with Crippen LogP contribution < -0.4 is 10.6 Å². The molecular formula is C12H23N3O2S. The Balaban J connectivity index is 2.49. The van der Waals surface area contributed by atoms with Crippen LogP contribution in [-0.4, -0.2) is 54.7 Å². The average molecular weight is 273 g/mol. The van der Waals surface area contributed by atoms with Crippen molar-refractivity contribution in [3.63, 3.8) is 0 Å². The van der Waals surface area contributed by atoms with Crippen LogP contribution >= 0.6 is 12.6 Å². The summed E-state index contributed by atoms with van der Waals surface area (Å²) < 4.78 is 0. The summed E-state index contributed by atoms with van der Waals surface area (Å²) in [6.07, 6.45) is 0.947. The van der Waals surface area contributed by atoms with Gasteiger partial charge in [0.1, 0.15) is 6.04 Å². The minimum absolute atomic E-state index is 0.137. The van der Waals surface area contributed by atoms with Crippen LogP contribution in [0.5, 0.6) is 0 Å². The SMILES string of the molecule is CC(=O)NC(CS)C(=O)NC1CCN(C)CC1C. The van der Waals surface area contributed by atoms with Crippen molar-refractivity contribution >= 4 is 24.4 Å². The van der Waals surface area contributed by atoms with Crippen molar-refractivity contribution in [1.82, 2.24) is 15.5 Å². The molecule has 1 heterocycles. The fourth-order valence-corrected chi connectivity index (χ4v) is 2.55. The number of rotatable bonds is 4. The molecule has 0 aliphatic carbocycles. The van der Waals surface area contributed by atoms with E-state index in [9.17, 15) is 9.59 Å². The van der Waals surface area contributed by atoms with E-state index in [1.165, 1.54) is 6.92 Å². The molecule has 0 saturated carbocycles. The van der Waals surface area contributed by atoms with E-state index in [1.807, 2.05) is 0 Å². The summed E-state index contributed by atoms with van der Waals surface area (Å²) in [4.78, 5) is 25.3. The van der Waals surface area contributed by atoms with E-state index >= 15 is 0 Å². The monoisotopic (exact) mass is 273 g/mol. The lowest BCUT2D eigenvalue weighted by molar-refractivity contribution is -0.128. The van der Waals surface area contributed by atoms with Gasteiger partial charge in [-0.2, -0.15) is 12.6 Å². The number of piperidine rings is 1. The Kier molecular flexibility index (Phi) is 5.95. The zero-order chi connectivity index (χ0) is 13.7. The van der Waals surface area contributed by atoms with E-state index in [1.54, 1.807) is 0 Å². The number of nitrogens with zero attached hydrogens (tertiary/aromatic N) is 1. The first-order valence-corrected chi connectivity index (χ1v) is 6.94. The summed E-state index contributed by atoms with van der Waals surface area (Å²) in [6, 6.07) is -0.359. The number of carbonyl (C=O) groups excluding carboxylic acids is 2. The molecule has 3 atom stereocenters. The predicted molar refractivity (Wildman–Crippen MR) is 74.7 cm³/mol. The van der Waals surface area contributed by atoms with Crippen molar-refractivity contribution in [2.24, 2.45) is 5.92 Å². The Labute approximate surface area is 114 Å². The van der Waals surface area contributed by atoms with Gasteiger partial charge in [0, 0.05) is 25.3 Å². The molecule has 1 fully saturated rings. The quantitative estimate of drug-likeness (QED) is 0.626. The molecule has 2 N–H and O–H groups in total. The number of thiol groups is 1. The number of nitrogens with one attached hydrogen (secondary N) is 2. The van der Waals surface area contributed by atoms with Crippen molar-refractivity contribution in [3.05, 3.63) is 0 Å². The largest absolute Gasteiger partial charge is 0.351 e. The normalized spacial score (nSPS) is 26.4. The zero-order valence-corrected chi connectivity index (χ0v) is 12.2. The van der Waals surface area contributed by atoms with Crippen LogP contribution in [0.4, 0.5) is 0 Å². The predicted octanol–water partition coefficient (Wildman–Crippen LogP) is -0.123. The Morgan fingerprint density at radius 1 is 1.50 bits per heavy atom. The van der Waals surface area contributed by atoms with Gasteiger partial charge in [-0.05, 0) is 25.9 Å². The van der Waals surface area contributed by atoms with Gasteiger partial charge in [0.2, 0.25) is 11.8 Å². The van der Waals surface area contributed by atoms with Crippen LogP contribution in [0, 0.1) is 5.92 Å². The molecule has 0 bridgehead atoms. The highest BCUT2D eigenvalue weighted by Gasteiger charge is 2.27. The third-order valence-corrected chi connectivity index (χ3v) is 3.68. The van der Waals surface area contributed by atoms with Crippen molar-refractivity contribution < 1.29 is 9.59 Å². The van der Waals surface area contributed by atoms with Crippen LogP contribution in [0.1, 0.15) is 20.3 Å². The highest BCUT2D eigenvalue weighted by Crippen LogP contribution is 2.15. The molecule has 104 valence electrons. The van der Waals surface area contributed by atoms with Gasteiger partial charge >= 0.3 is 0 Å².